The van der Waals surface area contributed by atoms with Crippen LogP contribution in [0.1, 0.15) is 46.9 Å². The summed E-state index contributed by atoms with van der Waals surface area (Å²) in [7, 11) is 0. The molecular weight excluding hydrogens is 230 g/mol. The van der Waals surface area contributed by atoms with Crippen molar-refractivity contribution >= 4 is 11.3 Å². The molecule has 0 amide bonds. The minimum Gasteiger partial charge on any atom is -0.326 e. The molecule has 0 aromatic carbocycles. The van der Waals surface area contributed by atoms with Crippen LogP contribution in [0.3, 0.4) is 0 Å². The summed E-state index contributed by atoms with van der Waals surface area (Å²) in [6, 6.07) is 2.57. The molecule has 0 fully saturated rings. The Morgan fingerprint density at radius 3 is 2.59 bits per heavy atom. The predicted octanol–water partition coefficient (Wildman–Crippen LogP) is 3.19. The zero-order valence-corrected chi connectivity index (χ0v) is 11.6. The van der Waals surface area contributed by atoms with Gasteiger partial charge in [0.15, 0.2) is 0 Å². The van der Waals surface area contributed by atoms with Gasteiger partial charge in [0.05, 0.1) is 18.1 Å². The van der Waals surface area contributed by atoms with Gasteiger partial charge in [-0.25, -0.2) is 4.98 Å². The number of nitrogens with two attached hydrogens (primary N) is 1. The first-order valence-electron chi connectivity index (χ1n) is 5.85. The van der Waals surface area contributed by atoms with Crippen molar-refractivity contribution < 1.29 is 0 Å². The van der Waals surface area contributed by atoms with E-state index in [0.717, 1.165) is 5.69 Å². The van der Waals surface area contributed by atoms with Crippen molar-refractivity contribution in [3.05, 3.63) is 39.6 Å². The molecule has 4 heteroatoms. The molecule has 0 spiro atoms. The van der Waals surface area contributed by atoms with E-state index in [4.69, 9.17) is 5.73 Å². The fraction of sp³-hybridized carbons (Fsp3) is 0.462. The largest absolute Gasteiger partial charge is 0.326 e. The van der Waals surface area contributed by atoms with Gasteiger partial charge in [-0.15, -0.1) is 11.3 Å². The first-order valence-corrected chi connectivity index (χ1v) is 6.66. The molecule has 2 rings (SSSR count). The van der Waals surface area contributed by atoms with Crippen LogP contribution in [0.15, 0.2) is 18.6 Å². The van der Waals surface area contributed by atoms with Gasteiger partial charge in [-0.3, -0.25) is 0 Å². The van der Waals surface area contributed by atoms with Gasteiger partial charge < -0.3 is 10.3 Å². The second-order valence-electron chi connectivity index (χ2n) is 4.56. The monoisotopic (exact) mass is 249 g/mol. The van der Waals surface area contributed by atoms with Crippen LogP contribution in [0.4, 0.5) is 0 Å². The van der Waals surface area contributed by atoms with Gasteiger partial charge in [-0.05, 0) is 39.3 Å². The average Bonchev–Trinajstić information content (AvgIpc) is 2.83. The third-order valence-corrected chi connectivity index (χ3v) is 4.09. The van der Waals surface area contributed by atoms with Crippen LogP contribution in [0.2, 0.25) is 0 Å². The maximum absolute atomic E-state index is 5.96. The zero-order chi connectivity index (χ0) is 12.6. The van der Waals surface area contributed by atoms with Crippen molar-refractivity contribution in [3.8, 4) is 0 Å². The Morgan fingerprint density at radius 1 is 1.35 bits per heavy atom. The van der Waals surface area contributed by atoms with Crippen LogP contribution in [-0.4, -0.2) is 9.55 Å². The molecule has 0 saturated heterocycles. The van der Waals surface area contributed by atoms with Crippen molar-refractivity contribution in [2.75, 3.05) is 0 Å². The summed E-state index contributed by atoms with van der Waals surface area (Å²) in [5.74, 6) is 0. The summed E-state index contributed by atoms with van der Waals surface area (Å²) in [5.41, 5.74) is 8.41. The summed E-state index contributed by atoms with van der Waals surface area (Å²) in [6.07, 6.45) is 3.73. The molecule has 0 aliphatic rings. The molecule has 1 unspecified atom stereocenters. The second kappa shape index (κ2) is 4.63. The fourth-order valence-corrected chi connectivity index (χ4v) is 3.22. The Morgan fingerprint density at radius 2 is 2.06 bits per heavy atom. The van der Waals surface area contributed by atoms with E-state index in [1.807, 2.05) is 30.8 Å². The Bertz CT molecular complexity index is 510. The van der Waals surface area contributed by atoms with Gasteiger partial charge in [0.2, 0.25) is 0 Å². The number of rotatable bonds is 3. The summed E-state index contributed by atoms with van der Waals surface area (Å²) < 4.78 is 2.17. The molecule has 2 heterocycles. The molecule has 0 aliphatic heterocycles. The van der Waals surface area contributed by atoms with E-state index in [-0.39, 0.29) is 6.04 Å². The number of aromatic nitrogens is 2. The number of hydrogen-bond donors (Lipinski definition) is 1. The highest BCUT2D eigenvalue weighted by Crippen LogP contribution is 2.30. The topological polar surface area (TPSA) is 43.8 Å². The summed E-state index contributed by atoms with van der Waals surface area (Å²) in [5, 5.41) is 0. The maximum atomic E-state index is 5.96. The Hall–Kier alpha value is -1.13. The van der Waals surface area contributed by atoms with E-state index in [1.54, 1.807) is 0 Å². The van der Waals surface area contributed by atoms with Gasteiger partial charge in [-0.1, -0.05) is 0 Å². The van der Waals surface area contributed by atoms with Crippen LogP contribution in [0, 0.1) is 13.8 Å². The molecular formula is C13H19N3S. The van der Waals surface area contributed by atoms with Gasteiger partial charge in [-0.2, -0.15) is 0 Å². The Labute approximate surface area is 106 Å². The van der Waals surface area contributed by atoms with Crippen LogP contribution in [-0.2, 0) is 0 Å². The normalized spacial score (nSPS) is 14.9. The molecule has 2 aromatic heterocycles. The molecule has 0 aliphatic carbocycles. The van der Waals surface area contributed by atoms with Crippen molar-refractivity contribution in [3.63, 3.8) is 0 Å². The minimum atomic E-state index is 0.0139. The zero-order valence-electron chi connectivity index (χ0n) is 10.8. The molecule has 2 atom stereocenters. The van der Waals surface area contributed by atoms with E-state index >= 15 is 0 Å². The third-order valence-electron chi connectivity index (χ3n) is 3.11. The minimum absolute atomic E-state index is 0.0139. The highest BCUT2D eigenvalue weighted by molar-refractivity contribution is 7.12. The lowest BCUT2D eigenvalue weighted by Crippen LogP contribution is -2.15. The van der Waals surface area contributed by atoms with Crippen molar-refractivity contribution in [2.45, 2.75) is 39.8 Å². The second-order valence-corrected chi connectivity index (χ2v) is 6.02. The Kier molecular flexibility index (Phi) is 3.35. The molecule has 2 N–H and O–H groups in total. The van der Waals surface area contributed by atoms with Crippen molar-refractivity contribution in [1.29, 1.82) is 0 Å². The van der Waals surface area contributed by atoms with Crippen LogP contribution >= 0.6 is 11.3 Å². The van der Waals surface area contributed by atoms with Gasteiger partial charge >= 0.3 is 0 Å². The van der Waals surface area contributed by atoms with Crippen LogP contribution in [0.25, 0.3) is 0 Å². The molecule has 0 radical (unpaired) electrons. The molecule has 0 bridgehead atoms. The highest BCUT2D eigenvalue weighted by Gasteiger charge is 2.16. The van der Waals surface area contributed by atoms with E-state index in [0.29, 0.717) is 6.04 Å². The van der Waals surface area contributed by atoms with Gasteiger partial charge in [0.1, 0.15) is 0 Å². The molecule has 3 nitrogen and oxygen atoms in total. The molecule has 2 aromatic rings. The quantitative estimate of drug-likeness (QED) is 0.908. The number of aryl methyl sites for hydroxylation is 2. The number of hydrogen-bond acceptors (Lipinski definition) is 3. The smallest absolute Gasteiger partial charge is 0.0954 e. The van der Waals surface area contributed by atoms with Gasteiger partial charge in [0, 0.05) is 22.0 Å². The number of thiophene rings is 1. The van der Waals surface area contributed by atoms with E-state index in [1.165, 1.54) is 15.3 Å². The lowest BCUT2D eigenvalue weighted by molar-refractivity contribution is 0.581. The Balaban J connectivity index is 2.40. The number of imidazole rings is 1. The first kappa shape index (κ1) is 12.3. The molecule has 17 heavy (non-hydrogen) atoms. The van der Waals surface area contributed by atoms with Crippen LogP contribution in [0.5, 0.6) is 0 Å². The fourth-order valence-electron chi connectivity index (χ4n) is 2.21. The standard InChI is InChI=1S/C13H19N3S/c1-8-5-12(11(4)17-8)10(3)16-7-15-6-13(16)9(2)14/h5-7,9-10H,14H2,1-4H3/t9-,10?/m0/s1. The molecule has 0 saturated carbocycles. The number of nitrogens with zero attached hydrogens (tertiary/aromatic N) is 2. The average molecular weight is 249 g/mol. The van der Waals surface area contributed by atoms with E-state index < -0.39 is 0 Å². The first-order chi connectivity index (χ1) is 8.00. The SMILES string of the molecule is Cc1cc(C(C)n2cncc2[C@H](C)N)c(C)s1. The third kappa shape index (κ3) is 2.28. The lowest BCUT2D eigenvalue weighted by Gasteiger charge is -2.18. The van der Waals surface area contributed by atoms with E-state index in [2.05, 4.69) is 36.4 Å². The lowest BCUT2D eigenvalue weighted by atomic mass is 10.1. The molecule has 92 valence electrons. The predicted molar refractivity (Wildman–Crippen MR) is 72.4 cm³/mol. The van der Waals surface area contributed by atoms with Crippen molar-refractivity contribution in [2.24, 2.45) is 5.73 Å². The van der Waals surface area contributed by atoms with Crippen LogP contribution < -0.4 is 5.73 Å². The summed E-state index contributed by atoms with van der Waals surface area (Å²) >= 11 is 1.84. The van der Waals surface area contributed by atoms with Gasteiger partial charge in [0.25, 0.3) is 0 Å². The van der Waals surface area contributed by atoms with E-state index in [9.17, 15) is 0 Å². The summed E-state index contributed by atoms with van der Waals surface area (Å²) in [6.45, 7) is 8.51. The highest BCUT2D eigenvalue weighted by atomic mass is 32.1. The van der Waals surface area contributed by atoms with Crippen molar-refractivity contribution in [1.82, 2.24) is 9.55 Å². The maximum Gasteiger partial charge on any atom is 0.0954 e. The summed E-state index contributed by atoms with van der Waals surface area (Å²) in [4.78, 5) is 6.94.